The van der Waals surface area contributed by atoms with Gasteiger partial charge in [-0.3, -0.25) is 4.90 Å². The molecule has 1 saturated carbocycles. The Morgan fingerprint density at radius 3 is 2.71 bits per heavy atom. The Kier molecular flexibility index (Phi) is 3.69. The smallest absolute Gasteiger partial charge is 0.0223 e. The Morgan fingerprint density at radius 2 is 1.88 bits per heavy atom. The number of piperazine rings is 1. The predicted molar refractivity (Wildman–Crippen MR) is 71.0 cm³/mol. The summed E-state index contributed by atoms with van der Waals surface area (Å²) in [7, 11) is 0. The lowest BCUT2D eigenvalue weighted by molar-refractivity contribution is 0.0411. The molecule has 17 heavy (non-hydrogen) atoms. The van der Waals surface area contributed by atoms with Gasteiger partial charge in [-0.05, 0) is 38.1 Å². The van der Waals surface area contributed by atoms with E-state index in [9.17, 15) is 0 Å². The number of nitrogens with two attached hydrogens (primary N) is 1. The molecule has 3 heteroatoms. The van der Waals surface area contributed by atoms with E-state index in [1.54, 1.807) is 0 Å². The number of nitrogens with zero attached hydrogens (tertiary/aromatic N) is 2. The van der Waals surface area contributed by atoms with Gasteiger partial charge in [0, 0.05) is 38.3 Å². The molecule has 0 spiro atoms. The average Bonchev–Trinajstić information content (AvgIpc) is 2.75. The summed E-state index contributed by atoms with van der Waals surface area (Å²) in [5.41, 5.74) is 6.19. The quantitative estimate of drug-likeness (QED) is 0.785. The first-order valence-electron chi connectivity index (χ1n) is 7.55. The minimum atomic E-state index is 0.486. The largest absolute Gasteiger partial charge is 0.327 e. The molecule has 2 heterocycles. The van der Waals surface area contributed by atoms with Crippen LogP contribution in [0.2, 0.25) is 0 Å². The van der Waals surface area contributed by atoms with Crippen molar-refractivity contribution >= 4 is 0 Å². The lowest BCUT2D eigenvalue weighted by Gasteiger charge is -2.44. The lowest BCUT2D eigenvalue weighted by Crippen LogP contribution is -2.56. The van der Waals surface area contributed by atoms with Gasteiger partial charge < -0.3 is 10.6 Å². The summed E-state index contributed by atoms with van der Waals surface area (Å²) >= 11 is 0. The molecule has 2 saturated heterocycles. The van der Waals surface area contributed by atoms with Crippen LogP contribution in [0, 0.1) is 5.92 Å². The molecule has 0 aromatic rings. The Balaban J connectivity index is 1.51. The van der Waals surface area contributed by atoms with Gasteiger partial charge in [0.2, 0.25) is 0 Å². The number of hydrogen-bond donors (Lipinski definition) is 1. The van der Waals surface area contributed by atoms with Crippen LogP contribution in [-0.4, -0.2) is 54.6 Å². The maximum Gasteiger partial charge on any atom is 0.0223 e. The third kappa shape index (κ3) is 2.67. The summed E-state index contributed by atoms with van der Waals surface area (Å²) in [5.74, 6) is 0.783. The molecule has 1 aliphatic carbocycles. The predicted octanol–water partition coefficient (Wildman–Crippen LogP) is 1.28. The highest BCUT2D eigenvalue weighted by Gasteiger charge is 2.32. The van der Waals surface area contributed by atoms with Gasteiger partial charge in [-0.1, -0.05) is 12.8 Å². The van der Waals surface area contributed by atoms with Crippen LogP contribution < -0.4 is 5.73 Å². The topological polar surface area (TPSA) is 32.5 Å². The highest BCUT2D eigenvalue weighted by atomic mass is 15.3. The summed E-state index contributed by atoms with van der Waals surface area (Å²) in [6.45, 7) is 6.50. The SMILES string of the molecule is NC1CCCC1CN1CCN2CCCCC2C1. The second kappa shape index (κ2) is 5.25. The van der Waals surface area contributed by atoms with Gasteiger partial charge in [0.15, 0.2) is 0 Å². The molecule has 0 aromatic carbocycles. The fraction of sp³-hybridized carbons (Fsp3) is 1.00. The molecule has 3 aliphatic rings. The van der Waals surface area contributed by atoms with Gasteiger partial charge in [0.05, 0.1) is 0 Å². The number of rotatable bonds is 2. The van der Waals surface area contributed by atoms with Crippen molar-refractivity contribution in [3.05, 3.63) is 0 Å². The fourth-order valence-corrected chi connectivity index (χ4v) is 4.01. The minimum Gasteiger partial charge on any atom is -0.327 e. The zero-order valence-electron chi connectivity index (χ0n) is 11.0. The molecule has 3 fully saturated rings. The molecular formula is C14H27N3. The Hall–Kier alpha value is -0.120. The molecule has 98 valence electrons. The van der Waals surface area contributed by atoms with Crippen LogP contribution in [-0.2, 0) is 0 Å². The van der Waals surface area contributed by atoms with Gasteiger partial charge in [-0.2, -0.15) is 0 Å². The zero-order valence-corrected chi connectivity index (χ0v) is 11.0. The van der Waals surface area contributed by atoms with Crippen LogP contribution in [0.15, 0.2) is 0 Å². The highest BCUT2D eigenvalue weighted by molar-refractivity contribution is 4.88. The summed E-state index contributed by atoms with van der Waals surface area (Å²) < 4.78 is 0. The first-order chi connectivity index (χ1) is 8.33. The van der Waals surface area contributed by atoms with Crippen molar-refractivity contribution < 1.29 is 0 Å². The van der Waals surface area contributed by atoms with Crippen LogP contribution >= 0.6 is 0 Å². The minimum absolute atomic E-state index is 0.486. The van der Waals surface area contributed by atoms with E-state index in [1.807, 2.05) is 0 Å². The molecule has 2 aliphatic heterocycles. The molecular weight excluding hydrogens is 210 g/mol. The van der Waals surface area contributed by atoms with Crippen molar-refractivity contribution in [2.24, 2.45) is 11.7 Å². The van der Waals surface area contributed by atoms with Crippen molar-refractivity contribution in [1.82, 2.24) is 9.80 Å². The van der Waals surface area contributed by atoms with Crippen molar-refractivity contribution in [2.75, 3.05) is 32.7 Å². The molecule has 0 amide bonds. The van der Waals surface area contributed by atoms with Gasteiger partial charge in [0.1, 0.15) is 0 Å². The molecule has 0 bridgehead atoms. The average molecular weight is 237 g/mol. The van der Waals surface area contributed by atoms with E-state index in [2.05, 4.69) is 9.80 Å². The first-order valence-corrected chi connectivity index (χ1v) is 7.55. The fourth-order valence-electron chi connectivity index (χ4n) is 4.01. The van der Waals surface area contributed by atoms with Crippen molar-refractivity contribution in [3.8, 4) is 0 Å². The summed E-state index contributed by atoms with van der Waals surface area (Å²) in [5, 5.41) is 0. The second-order valence-corrected chi connectivity index (χ2v) is 6.30. The van der Waals surface area contributed by atoms with Gasteiger partial charge in [-0.25, -0.2) is 0 Å². The third-order valence-corrected chi connectivity index (χ3v) is 5.13. The van der Waals surface area contributed by atoms with Crippen LogP contribution in [0.1, 0.15) is 38.5 Å². The Bertz CT molecular complexity index is 256. The zero-order chi connectivity index (χ0) is 11.7. The van der Waals surface area contributed by atoms with Crippen molar-refractivity contribution in [2.45, 2.75) is 50.6 Å². The third-order valence-electron chi connectivity index (χ3n) is 5.13. The molecule has 3 nitrogen and oxygen atoms in total. The summed E-state index contributed by atoms with van der Waals surface area (Å²) in [6.07, 6.45) is 8.27. The van der Waals surface area contributed by atoms with Gasteiger partial charge in [0.25, 0.3) is 0 Å². The van der Waals surface area contributed by atoms with E-state index < -0.39 is 0 Å². The number of hydrogen-bond acceptors (Lipinski definition) is 3. The van der Waals surface area contributed by atoms with E-state index in [0.29, 0.717) is 6.04 Å². The first kappa shape index (κ1) is 11.9. The second-order valence-electron chi connectivity index (χ2n) is 6.30. The van der Waals surface area contributed by atoms with Crippen LogP contribution in [0.25, 0.3) is 0 Å². The normalized spacial score (nSPS) is 40.4. The molecule has 3 rings (SSSR count). The van der Waals surface area contributed by atoms with Crippen molar-refractivity contribution in [1.29, 1.82) is 0 Å². The lowest BCUT2D eigenvalue weighted by atomic mass is 9.97. The number of piperidine rings is 1. The monoisotopic (exact) mass is 237 g/mol. The van der Waals surface area contributed by atoms with Crippen molar-refractivity contribution in [3.63, 3.8) is 0 Å². The highest BCUT2D eigenvalue weighted by Crippen LogP contribution is 2.27. The summed E-state index contributed by atoms with van der Waals surface area (Å²) in [6, 6.07) is 1.34. The van der Waals surface area contributed by atoms with E-state index in [4.69, 9.17) is 5.73 Å². The maximum absolute atomic E-state index is 6.19. The molecule has 0 radical (unpaired) electrons. The Morgan fingerprint density at radius 1 is 0.941 bits per heavy atom. The summed E-state index contributed by atoms with van der Waals surface area (Å²) in [4.78, 5) is 5.41. The van der Waals surface area contributed by atoms with E-state index in [1.165, 1.54) is 71.2 Å². The number of fused-ring (bicyclic) bond motifs is 1. The molecule has 3 unspecified atom stereocenters. The standard InChI is InChI=1S/C14H27N3/c15-14-6-3-4-12(14)10-16-8-9-17-7-2-1-5-13(17)11-16/h12-14H,1-11,15H2. The van der Waals surface area contributed by atoms with Crippen LogP contribution in [0.5, 0.6) is 0 Å². The molecule has 2 N–H and O–H groups in total. The van der Waals surface area contributed by atoms with Crippen LogP contribution in [0.4, 0.5) is 0 Å². The van der Waals surface area contributed by atoms with Gasteiger partial charge in [-0.15, -0.1) is 0 Å². The molecule has 3 atom stereocenters. The maximum atomic E-state index is 6.19. The van der Waals surface area contributed by atoms with E-state index >= 15 is 0 Å². The van der Waals surface area contributed by atoms with E-state index in [0.717, 1.165) is 12.0 Å². The van der Waals surface area contributed by atoms with Gasteiger partial charge >= 0.3 is 0 Å². The van der Waals surface area contributed by atoms with E-state index in [-0.39, 0.29) is 0 Å². The Labute approximate surface area is 105 Å². The molecule has 0 aromatic heterocycles. The van der Waals surface area contributed by atoms with Crippen LogP contribution in [0.3, 0.4) is 0 Å².